The largest absolute Gasteiger partial charge is 0.316 e. The van der Waals surface area contributed by atoms with Crippen molar-refractivity contribution in [2.45, 2.75) is 0 Å². The molecule has 460 valence electrons. The maximum atomic E-state index is 2.38. The molecular formula is C94H64N4. The fourth-order valence-corrected chi connectivity index (χ4v) is 15.0. The average molecular weight is 1250 g/mol. The van der Waals surface area contributed by atoms with E-state index in [4.69, 9.17) is 0 Å². The number of aromatic nitrogens is 2. The van der Waals surface area contributed by atoms with E-state index in [0.717, 1.165) is 39.8 Å². The van der Waals surface area contributed by atoms with Gasteiger partial charge in [0.1, 0.15) is 0 Å². The predicted molar refractivity (Wildman–Crippen MR) is 412 cm³/mol. The van der Waals surface area contributed by atoms with Gasteiger partial charge in [0, 0.05) is 79.8 Å². The summed E-state index contributed by atoms with van der Waals surface area (Å²) in [5.41, 5.74) is 33.7. The molecule has 2 aliphatic rings. The second kappa shape index (κ2) is 24.7. The Labute approximate surface area is 571 Å². The number of rotatable bonds is 11. The fourth-order valence-electron chi connectivity index (χ4n) is 15.0. The topological polar surface area (TPSA) is 16.3 Å². The molecule has 0 spiro atoms. The molecule has 0 bridgehead atoms. The van der Waals surface area contributed by atoms with Gasteiger partial charge >= 0.3 is 0 Å². The second-order valence-corrected chi connectivity index (χ2v) is 25.2. The van der Waals surface area contributed by atoms with Crippen molar-refractivity contribution >= 4 is 55.9 Å². The zero-order valence-electron chi connectivity index (χ0n) is 53.7. The van der Waals surface area contributed by atoms with Gasteiger partial charge in [-0.05, 0) is 198 Å². The first-order valence-electron chi connectivity index (χ1n) is 33.6. The molecule has 2 aliphatic carbocycles. The molecule has 4 nitrogen and oxygen atoms in total. The van der Waals surface area contributed by atoms with Crippen molar-refractivity contribution in [1.29, 1.82) is 0 Å². The Balaban J connectivity index is 0.000000143. The average Bonchev–Trinajstić information content (AvgIpc) is 1.57. The van der Waals surface area contributed by atoms with Gasteiger partial charge in [0.2, 0.25) is 0 Å². The lowest BCUT2D eigenvalue weighted by atomic mass is 9.93. The van der Waals surface area contributed by atoms with Crippen molar-refractivity contribution in [3.05, 3.63) is 389 Å². The summed E-state index contributed by atoms with van der Waals surface area (Å²) in [5, 5.41) is 2.57. The van der Waals surface area contributed by atoms with Gasteiger partial charge in [-0.3, -0.25) is 0 Å². The summed E-state index contributed by atoms with van der Waals surface area (Å²) >= 11 is 0. The van der Waals surface area contributed by atoms with E-state index >= 15 is 0 Å². The molecule has 0 amide bonds. The summed E-state index contributed by atoms with van der Waals surface area (Å²) in [4.78, 5) is 4.73. The van der Waals surface area contributed by atoms with Crippen molar-refractivity contribution in [2.24, 2.45) is 0 Å². The molecule has 0 saturated carbocycles. The van der Waals surface area contributed by atoms with Crippen LogP contribution in [0.4, 0.5) is 34.1 Å². The standard InChI is InChI=1S/C50H34N2.C44H30N2/c1-4-14-35(15-5-1)37-26-28-40(29-27-37)52(39-19-8-3-9-20-39)42-30-31-45-46-24-13-25-49-50(46)48(44-23-11-10-22-43(44)47(45)33-42)34-51(49)41-21-12-18-38(32-41)36-16-6-2-7-17-36;1-4-13-31(14-5-1)32-23-25-35(26-24-32)46(34-17-8-3-9-18-34)36-27-28-39-40-21-12-22-43-44(40)42(30-45(43)33-15-6-2-7-16-33)38-20-11-10-19-37(38)41(39)29-36/h1-34H;1-30H. The molecule has 2 aromatic heterocycles. The molecule has 0 saturated heterocycles. The number of para-hydroxylation sites is 3. The number of anilines is 6. The van der Waals surface area contributed by atoms with Crippen LogP contribution in [0, 0.1) is 0 Å². The van der Waals surface area contributed by atoms with Crippen molar-refractivity contribution in [3.63, 3.8) is 0 Å². The highest BCUT2D eigenvalue weighted by Gasteiger charge is 2.28. The van der Waals surface area contributed by atoms with E-state index in [-0.39, 0.29) is 0 Å². The van der Waals surface area contributed by atoms with Crippen LogP contribution >= 0.6 is 0 Å². The SMILES string of the molecule is c1ccc(-c2ccc(N(c3ccccc3)c3ccc4c(c3)-c3ccccc3-c3cn(-c5cccc(-c6ccccc6)c5)c5cccc-4c35)cc2)cc1.c1ccc(-c2ccc(N(c3ccccc3)c3ccc4c(c3)-c3ccccc3-c3cn(-c5ccccc5)c5cccc-4c35)cc2)cc1. The molecule has 0 N–H and O–H groups in total. The molecule has 15 aromatic carbocycles. The van der Waals surface area contributed by atoms with Crippen molar-refractivity contribution in [3.8, 4) is 112 Å². The normalized spacial score (nSPS) is 11.5. The van der Waals surface area contributed by atoms with Crippen LogP contribution in [-0.2, 0) is 0 Å². The van der Waals surface area contributed by atoms with Crippen molar-refractivity contribution < 1.29 is 0 Å². The van der Waals surface area contributed by atoms with Crippen molar-refractivity contribution in [1.82, 2.24) is 9.13 Å². The van der Waals surface area contributed by atoms with Crippen LogP contribution in [-0.4, -0.2) is 9.13 Å². The third-order valence-corrected chi connectivity index (χ3v) is 19.5. The Kier molecular flexibility index (Phi) is 14.5. The van der Waals surface area contributed by atoms with Crippen LogP contribution in [0.2, 0.25) is 0 Å². The summed E-state index contributed by atoms with van der Waals surface area (Å²) in [7, 11) is 0. The highest BCUT2D eigenvalue weighted by molar-refractivity contribution is 6.16. The third kappa shape index (κ3) is 10.3. The Morgan fingerprint density at radius 2 is 0.449 bits per heavy atom. The molecule has 0 aliphatic heterocycles. The highest BCUT2D eigenvalue weighted by atomic mass is 15.1. The first-order valence-corrected chi connectivity index (χ1v) is 33.6. The summed E-state index contributed by atoms with van der Waals surface area (Å²) in [6.07, 6.45) is 4.66. The zero-order chi connectivity index (χ0) is 64.9. The number of hydrogen-bond donors (Lipinski definition) is 0. The molecule has 4 heteroatoms. The first kappa shape index (κ1) is 57.6. The van der Waals surface area contributed by atoms with Crippen LogP contribution in [0.1, 0.15) is 0 Å². The molecule has 0 radical (unpaired) electrons. The minimum absolute atomic E-state index is 1.12. The first-order chi connectivity index (χ1) is 48.6. The van der Waals surface area contributed by atoms with Crippen LogP contribution in [0.25, 0.3) is 133 Å². The van der Waals surface area contributed by atoms with E-state index in [9.17, 15) is 0 Å². The monoisotopic (exact) mass is 1250 g/mol. The molecule has 17 aromatic rings. The van der Waals surface area contributed by atoms with Gasteiger partial charge in [-0.25, -0.2) is 0 Å². The van der Waals surface area contributed by atoms with Gasteiger partial charge < -0.3 is 18.9 Å². The zero-order valence-corrected chi connectivity index (χ0v) is 53.7. The minimum atomic E-state index is 1.12. The molecule has 0 unspecified atom stereocenters. The quantitative estimate of drug-likeness (QED) is 0.128. The van der Waals surface area contributed by atoms with Crippen LogP contribution < -0.4 is 9.80 Å². The Hall–Kier alpha value is -13.0. The predicted octanol–water partition coefficient (Wildman–Crippen LogP) is 25.8. The highest BCUT2D eigenvalue weighted by Crippen LogP contribution is 2.53. The maximum Gasteiger partial charge on any atom is 0.0541 e. The molecule has 0 atom stereocenters. The lowest BCUT2D eigenvalue weighted by molar-refractivity contribution is 1.13. The molecule has 19 rings (SSSR count). The number of fused-ring (bicyclic) bond motifs is 10. The van der Waals surface area contributed by atoms with Crippen LogP contribution in [0.3, 0.4) is 0 Å². The number of nitrogens with zero attached hydrogens (tertiary/aromatic N) is 4. The fraction of sp³-hybridized carbons (Fsp3) is 0. The lowest BCUT2D eigenvalue weighted by Gasteiger charge is -2.27. The van der Waals surface area contributed by atoms with E-state index in [0.29, 0.717) is 0 Å². The summed E-state index contributed by atoms with van der Waals surface area (Å²) < 4.78 is 4.70. The molecule has 0 fully saturated rings. The molecular weight excluding hydrogens is 1190 g/mol. The van der Waals surface area contributed by atoms with E-state index in [1.165, 1.54) is 128 Å². The molecule has 2 heterocycles. The molecule has 98 heavy (non-hydrogen) atoms. The third-order valence-electron chi connectivity index (χ3n) is 19.5. The summed E-state index contributed by atoms with van der Waals surface area (Å²) in [5.74, 6) is 0. The van der Waals surface area contributed by atoms with E-state index < -0.39 is 0 Å². The lowest BCUT2D eigenvalue weighted by Crippen LogP contribution is -2.10. The smallest absolute Gasteiger partial charge is 0.0541 e. The number of hydrogen-bond acceptors (Lipinski definition) is 2. The van der Waals surface area contributed by atoms with Gasteiger partial charge in [0.15, 0.2) is 0 Å². The Bertz CT molecular complexity index is 5760. The maximum absolute atomic E-state index is 2.38. The van der Waals surface area contributed by atoms with Gasteiger partial charge in [0.25, 0.3) is 0 Å². The van der Waals surface area contributed by atoms with Crippen molar-refractivity contribution in [2.75, 3.05) is 9.80 Å². The summed E-state index contributed by atoms with van der Waals surface area (Å²) in [6, 6.07) is 136. The van der Waals surface area contributed by atoms with E-state index in [1.54, 1.807) is 0 Å². The van der Waals surface area contributed by atoms with Crippen LogP contribution in [0.15, 0.2) is 389 Å². The van der Waals surface area contributed by atoms with E-state index in [1.807, 2.05) is 0 Å². The van der Waals surface area contributed by atoms with Gasteiger partial charge in [-0.2, -0.15) is 0 Å². The minimum Gasteiger partial charge on any atom is -0.316 e. The van der Waals surface area contributed by atoms with Gasteiger partial charge in [-0.1, -0.05) is 267 Å². The van der Waals surface area contributed by atoms with Crippen LogP contribution in [0.5, 0.6) is 0 Å². The van der Waals surface area contributed by atoms with Gasteiger partial charge in [0.05, 0.1) is 11.0 Å². The summed E-state index contributed by atoms with van der Waals surface area (Å²) in [6.45, 7) is 0. The van der Waals surface area contributed by atoms with Gasteiger partial charge in [-0.15, -0.1) is 0 Å². The second-order valence-electron chi connectivity index (χ2n) is 25.2. The van der Waals surface area contributed by atoms with E-state index in [2.05, 4.69) is 407 Å². The Morgan fingerprint density at radius 1 is 0.163 bits per heavy atom. The number of benzene rings is 15. The Morgan fingerprint density at radius 3 is 0.878 bits per heavy atom.